The second kappa shape index (κ2) is 6.26. The van der Waals surface area contributed by atoms with Crippen molar-refractivity contribution >= 4 is 35.6 Å². The number of carbonyl (C=O) groups excluding carboxylic acids is 1. The lowest BCUT2D eigenvalue weighted by Gasteiger charge is -2.12. The first-order chi connectivity index (χ1) is 7.71. The number of rotatable bonds is 2. The minimum Gasteiger partial charge on any atom is -0.325 e. The largest absolute Gasteiger partial charge is 0.417 e. The van der Waals surface area contributed by atoms with Gasteiger partial charge in [-0.2, -0.15) is 13.2 Å². The second-order valence-corrected chi connectivity index (χ2v) is 3.88. The molecule has 1 aromatic carbocycles. The number of hydrogen-bond donors (Lipinski definition) is 2. The van der Waals surface area contributed by atoms with Gasteiger partial charge in [0, 0.05) is 5.69 Å². The topological polar surface area (TPSA) is 55.1 Å². The van der Waals surface area contributed by atoms with E-state index >= 15 is 0 Å². The summed E-state index contributed by atoms with van der Waals surface area (Å²) in [5.74, 6) is -0.569. The number of nitrogens with two attached hydrogens (primary N) is 1. The van der Waals surface area contributed by atoms with E-state index in [1.165, 1.54) is 13.0 Å². The summed E-state index contributed by atoms with van der Waals surface area (Å²) in [6.07, 6.45) is -4.56. The molecule has 102 valence electrons. The average molecular weight is 303 g/mol. The molecule has 1 aromatic rings. The van der Waals surface area contributed by atoms with Crippen molar-refractivity contribution in [3.05, 3.63) is 28.8 Å². The number of nitrogens with one attached hydrogen (secondary N) is 1. The fraction of sp³-hybridized carbons (Fsp3) is 0.300. The quantitative estimate of drug-likeness (QED) is 0.882. The highest BCUT2D eigenvalue weighted by Crippen LogP contribution is 2.36. The average Bonchev–Trinajstić information content (AvgIpc) is 2.19. The minimum absolute atomic E-state index is 0. The fourth-order valence-electron chi connectivity index (χ4n) is 1.08. The zero-order valence-corrected chi connectivity index (χ0v) is 10.8. The molecule has 0 aliphatic carbocycles. The van der Waals surface area contributed by atoms with Crippen LogP contribution in [0.5, 0.6) is 0 Å². The Hall–Kier alpha value is -0.980. The van der Waals surface area contributed by atoms with Crippen molar-refractivity contribution in [3.8, 4) is 0 Å². The molecule has 0 spiro atoms. The number of halogens is 5. The van der Waals surface area contributed by atoms with Crippen LogP contribution in [-0.4, -0.2) is 11.9 Å². The number of carbonyl (C=O) groups is 1. The highest BCUT2D eigenvalue weighted by atomic mass is 35.5. The molecule has 0 unspecified atom stereocenters. The number of hydrogen-bond acceptors (Lipinski definition) is 2. The molecule has 0 saturated heterocycles. The normalized spacial score (nSPS) is 12.6. The number of benzene rings is 1. The number of alkyl halides is 3. The van der Waals surface area contributed by atoms with Crippen LogP contribution < -0.4 is 11.1 Å². The second-order valence-electron chi connectivity index (χ2n) is 3.47. The summed E-state index contributed by atoms with van der Waals surface area (Å²) in [7, 11) is 0. The molecule has 3 nitrogen and oxygen atoms in total. The van der Waals surface area contributed by atoms with Crippen molar-refractivity contribution in [2.24, 2.45) is 5.73 Å². The molecule has 3 N–H and O–H groups in total. The van der Waals surface area contributed by atoms with Crippen LogP contribution >= 0.6 is 24.0 Å². The Morgan fingerprint density at radius 1 is 1.44 bits per heavy atom. The number of anilines is 1. The molecular weight excluding hydrogens is 292 g/mol. The standard InChI is InChI=1S/C10H10ClF3N2O.ClH/c1-5(15)9(17)16-6-2-3-8(11)7(4-6)10(12,13)14;/h2-5H,15H2,1H3,(H,16,17);1H/t5-;/m0./s1. The lowest BCUT2D eigenvalue weighted by atomic mass is 10.2. The van der Waals surface area contributed by atoms with E-state index < -0.39 is 28.7 Å². The molecule has 0 aliphatic rings. The Kier molecular flexibility index (Phi) is 5.92. The van der Waals surface area contributed by atoms with E-state index in [9.17, 15) is 18.0 Å². The van der Waals surface area contributed by atoms with Gasteiger partial charge in [0.15, 0.2) is 0 Å². The first kappa shape index (κ1) is 17.0. The van der Waals surface area contributed by atoms with Crippen molar-refractivity contribution < 1.29 is 18.0 Å². The van der Waals surface area contributed by atoms with Gasteiger partial charge in [0.1, 0.15) is 0 Å². The maximum absolute atomic E-state index is 12.5. The van der Waals surface area contributed by atoms with E-state index in [0.717, 1.165) is 12.1 Å². The van der Waals surface area contributed by atoms with E-state index in [0.29, 0.717) is 0 Å². The predicted octanol–water partition coefficient (Wildman–Crippen LogP) is 3.07. The van der Waals surface area contributed by atoms with E-state index in [1.54, 1.807) is 0 Å². The van der Waals surface area contributed by atoms with E-state index in [4.69, 9.17) is 17.3 Å². The van der Waals surface area contributed by atoms with Gasteiger partial charge in [-0.3, -0.25) is 4.79 Å². The third-order valence-electron chi connectivity index (χ3n) is 1.95. The summed E-state index contributed by atoms with van der Waals surface area (Å²) >= 11 is 5.42. The SMILES string of the molecule is C[C@H](N)C(=O)Nc1ccc(Cl)c(C(F)(F)F)c1.Cl. The van der Waals surface area contributed by atoms with Crippen molar-refractivity contribution in [2.45, 2.75) is 19.1 Å². The van der Waals surface area contributed by atoms with Gasteiger partial charge < -0.3 is 11.1 Å². The number of amides is 1. The van der Waals surface area contributed by atoms with Crippen LogP contribution in [0.4, 0.5) is 18.9 Å². The summed E-state index contributed by atoms with van der Waals surface area (Å²) in [4.78, 5) is 11.2. The Labute approximate surface area is 113 Å². The predicted molar refractivity (Wildman–Crippen MR) is 66.0 cm³/mol. The highest BCUT2D eigenvalue weighted by molar-refractivity contribution is 6.31. The van der Waals surface area contributed by atoms with Crippen LogP contribution in [0.1, 0.15) is 12.5 Å². The summed E-state index contributed by atoms with van der Waals surface area (Å²) in [5.41, 5.74) is 4.28. The smallest absolute Gasteiger partial charge is 0.325 e. The van der Waals surface area contributed by atoms with Gasteiger partial charge in [0.25, 0.3) is 0 Å². The molecule has 0 radical (unpaired) electrons. The monoisotopic (exact) mass is 302 g/mol. The zero-order valence-electron chi connectivity index (χ0n) is 9.22. The summed E-state index contributed by atoms with van der Waals surface area (Å²) in [6, 6.07) is 2.31. The van der Waals surface area contributed by atoms with Crippen molar-refractivity contribution in [1.82, 2.24) is 0 Å². The molecule has 0 heterocycles. The Balaban J connectivity index is 0.00000289. The van der Waals surface area contributed by atoms with Crippen molar-refractivity contribution in [3.63, 3.8) is 0 Å². The molecule has 0 fully saturated rings. The first-order valence-electron chi connectivity index (χ1n) is 4.65. The molecule has 1 rings (SSSR count). The van der Waals surface area contributed by atoms with Gasteiger partial charge >= 0.3 is 6.18 Å². The van der Waals surface area contributed by atoms with Gasteiger partial charge in [0.05, 0.1) is 16.6 Å². The summed E-state index contributed by atoms with van der Waals surface area (Å²) < 4.78 is 37.5. The fourth-order valence-corrected chi connectivity index (χ4v) is 1.30. The third kappa shape index (κ3) is 4.36. The van der Waals surface area contributed by atoms with Crippen LogP contribution in [0.15, 0.2) is 18.2 Å². The Morgan fingerprint density at radius 2 is 2.00 bits per heavy atom. The van der Waals surface area contributed by atoms with E-state index in [1.807, 2.05) is 0 Å². The lowest BCUT2D eigenvalue weighted by Crippen LogP contribution is -2.32. The van der Waals surface area contributed by atoms with E-state index in [2.05, 4.69) is 5.32 Å². The van der Waals surface area contributed by atoms with E-state index in [-0.39, 0.29) is 18.1 Å². The van der Waals surface area contributed by atoms with Gasteiger partial charge in [0.2, 0.25) is 5.91 Å². The van der Waals surface area contributed by atoms with Crippen LogP contribution in [0, 0.1) is 0 Å². The van der Waals surface area contributed by atoms with Crippen LogP contribution in [0.2, 0.25) is 5.02 Å². The Morgan fingerprint density at radius 3 is 2.44 bits per heavy atom. The third-order valence-corrected chi connectivity index (χ3v) is 2.28. The lowest BCUT2D eigenvalue weighted by molar-refractivity contribution is -0.137. The molecule has 0 aromatic heterocycles. The van der Waals surface area contributed by atoms with Crippen molar-refractivity contribution in [2.75, 3.05) is 5.32 Å². The van der Waals surface area contributed by atoms with Crippen LogP contribution in [0.25, 0.3) is 0 Å². The summed E-state index contributed by atoms with van der Waals surface area (Å²) in [5, 5.41) is 1.84. The maximum Gasteiger partial charge on any atom is 0.417 e. The van der Waals surface area contributed by atoms with Gasteiger partial charge in [-0.25, -0.2) is 0 Å². The maximum atomic E-state index is 12.5. The molecule has 1 amide bonds. The molecule has 18 heavy (non-hydrogen) atoms. The van der Waals surface area contributed by atoms with Crippen LogP contribution in [-0.2, 0) is 11.0 Å². The van der Waals surface area contributed by atoms with Gasteiger partial charge in [-0.1, -0.05) is 11.6 Å². The molecular formula is C10H11Cl2F3N2O. The molecule has 0 aliphatic heterocycles. The minimum atomic E-state index is -4.56. The first-order valence-corrected chi connectivity index (χ1v) is 5.03. The zero-order chi connectivity index (χ0) is 13.2. The Bertz CT molecular complexity index is 436. The van der Waals surface area contributed by atoms with Gasteiger partial charge in [-0.15, -0.1) is 12.4 Å². The highest BCUT2D eigenvalue weighted by Gasteiger charge is 2.33. The van der Waals surface area contributed by atoms with Gasteiger partial charge in [-0.05, 0) is 25.1 Å². The molecule has 8 heteroatoms. The summed E-state index contributed by atoms with van der Waals surface area (Å²) in [6.45, 7) is 1.43. The van der Waals surface area contributed by atoms with Crippen LogP contribution in [0.3, 0.4) is 0 Å². The molecule has 0 saturated carbocycles. The molecule has 1 atom stereocenters. The van der Waals surface area contributed by atoms with Crippen molar-refractivity contribution in [1.29, 1.82) is 0 Å². The molecule has 0 bridgehead atoms.